The van der Waals surface area contributed by atoms with Gasteiger partial charge in [-0.2, -0.15) is 11.8 Å². The minimum Gasteiger partial charge on any atom is -0.487 e. The van der Waals surface area contributed by atoms with Gasteiger partial charge in [0.15, 0.2) is 5.75 Å². The number of benzene rings is 1. The van der Waals surface area contributed by atoms with Crippen LogP contribution >= 0.6 is 11.8 Å². The van der Waals surface area contributed by atoms with Crippen molar-refractivity contribution < 1.29 is 9.66 Å². The third-order valence-corrected chi connectivity index (χ3v) is 4.59. The molecule has 1 aliphatic heterocycles. The van der Waals surface area contributed by atoms with Crippen molar-refractivity contribution in [3.05, 3.63) is 28.3 Å². The summed E-state index contributed by atoms with van der Waals surface area (Å²) in [7, 11) is 0. The van der Waals surface area contributed by atoms with Gasteiger partial charge in [-0.1, -0.05) is 13.0 Å². The van der Waals surface area contributed by atoms with E-state index in [0.717, 1.165) is 13.0 Å². The van der Waals surface area contributed by atoms with Gasteiger partial charge in [-0.05, 0) is 37.1 Å². The number of nitrogens with one attached hydrogen (secondary N) is 1. The summed E-state index contributed by atoms with van der Waals surface area (Å²) >= 11 is 1.93. The van der Waals surface area contributed by atoms with Gasteiger partial charge in [-0.15, -0.1) is 0 Å². The molecule has 1 N–H and O–H groups in total. The molecular weight excluding hydrogens is 276 g/mol. The lowest BCUT2D eigenvalue weighted by atomic mass is 10.2. The molecule has 0 spiro atoms. The van der Waals surface area contributed by atoms with Crippen molar-refractivity contribution in [2.75, 3.05) is 24.2 Å². The summed E-state index contributed by atoms with van der Waals surface area (Å²) in [6, 6.07) is 5.20. The molecule has 1 atom stereocenters. The zero-order valence-corrected chi connectivity index (χ0v) is 12.4. The first kappa shape index (κ1) is 15.0. The van der Waals surface area contributed by atoms with E-state index in [1.165, 1.54) is 18.6 Å². The van der Waals surface area contributed by atoms with E-state index in [-0.39, 0.29) is 10.6 Å². The lowest BCUT2D eigenvalue weighted by Crippen LogP contribution is -2.14. The molecule has 0 radical (unpaired) electrons. The molecule has 0 aliphatic carbocycles. The molecule has 20 heavy (non-hydrogen) atoms. The third-order valence-electron chi connectivity index (χ3n) is 3.19. The lowest BCUT2D eigenvalue weighted by molar-refractivity contribution is -0.385. The normalized spacial score (nSPS) is 17.9. The number of anilines is 1. The summed E-state index contributed by atoms with van der Waals surface area (Å²) in [5.74, 6) is 1.54. The zero-order chi connectivity index (χ0) is 14.4. The van der Waals surface area contributed by atoms with Gasteiger partial charge in [-0.3, -0.25) is 10.1 Å². The number of nitro benzene ring substituents is 1. The Morgan fingerprint density at radius 3 is 3.05 bits per heavy atom. The van der Waals surface area contributed by atoms with E-state index in [4.69, 9.17) is 4.74 Å². The smallest absolute Gasteiger partial charge is 0.333 e. The lowest BCUT2D eigenvalue weighted by Gasteiger charge is -2.13. The molecule has 6 heteroatoms. The Morgan fingerprint density at radius 2 is 2.40 bits per heavy atom. The van der Waals surface area contributed by atoms with E-state index in [2.05, 4.69) is 5.32 Å². The van der Waals surface area contributed by atoms with Crippen molar-refractivity contribution in [3.8, 4) is 5.75 Å². The van der Waals surface area contributed by atoms with Gasteiger partial charge in [0, 0.05) is 11.8 Å². The van der Waals surface area contributed by atoms with E-state index in [1.54, 1.807) is 18.2 Å². The predicted octanol–water partition coefficient (Wildman–Crippen LogP) is 3.69. The highest BCUT2D eigenvalue weighted by atomic mass is 32.2. The Hall–Kier alpha value is -1.43. The maximum absolute atomic E-state index is 11.3. The SMILES string of the molecule is CCCOc1cccc(NCC2CCCS2)c1[N+](=O)[O-]. The fraction of sp³-hybridized carbons (Fsp3) is 0.571. The van der Waals surface area contributed by atoms with Crippen LogP contribution in [-0.4, -0.2) is 29.1 Å². The highest BCUT2D eigenvalue weighted by Gasteiger charge is 2.22. The standard InChI is InChI=1S/C14H20N2O3S/c1-2-8-19-13-7-3-6-12(14(13)16(17)18)15-10-11-5-4-9-20-11/h3,6-7,11,15H,2,4-5,8-10H2,1H3. The molecular formula is C14H20N2O3S. The Morgan fingerprint density at radius 1 is 1.55 bits per heavy atom. The molecule has 1 saturated heterocycles. The Kier molecular flexibility index (Phi) is 5.52. The average molecular weight is 296 g/mol. The van der Waals surface area contributed by atoms with Crippen molar-refractivity contribution in [3.63, 3.8) is 0 Å². The van der Waals surface area contributed by atoms with Crippen LogP contribution in [0.1, 0.15) is 26.2 Å². The number of nitrogens with zero attached hydrogens (tertiary/aromatic N) is 1. The topological polar surface area (TPSA) is 64.4 Å². The average Bonchev–Trinajstić information content (AvgIpc) is 2.95. The van der Waals surface area contributed by atoms with Gasteiger partial charge in [0.05, 0.1) is 11.5 Å². The highest BCUT2D eigenvalue weighted by molar-refractivity contribution is 8.00. The van der Waals surface area contributed by atoms with Crippen molar-refractivity contribution in [1.82, 2.24) is 0 Å². The minimum atomic E-state index is -0.366. The summed E-state index contributed by atoms with van der Waals surface area (Å²) in [6.45, 7) is 3.23. The molecule has 0 amide bonds. The summed E-state index contributed by atoms with van der Waals surface area (Å²) < 4.78 is 5.47. The zero-order valence-electron chi connectivity index (χ0n) is 11.6. The van der Waals surface area contributed by atoms with E-state index in [0.29, 0.717) is 23.3 Å². The molecule has 0 saturated carbocycles. The fourth-order valence-corrected chi connectivity index (χ4v) is 3.41. The van der Waals surface area contributed by atoms with Crippen molar-refractivity contribution in [1.29, 1.82) is 0 Å². The molecule has 1 unspecified atom stereocenters. The minimum absolute atomic E-state index is 0.0453. The second kappa shape index (κ2) is 7.38. The Labute approximate surface area is 123 Å². The number of para-hydroxylation sites is 1. The number of hydrogen-bond donors (Lipinski definition) is 1. The molecule has 1 aliphatic rings. The molecule has 0 bridgehead atoms. The van der Waals surface area contributed by atoms with Crippen LogP contribution in [0.5, 0.6) is 5.75 Å². The van der Waals surface area contributed by atoms with Gasteiger partial charge >= 0.3 is 5.69 Å². The monoisotopic (exact) mass is 296 g/mol. The number of thioether (sulfide) groups is 1. The maximum atomic E-state index is 11.3. The summed E-state index contributed by atoms with van der Waals surface area (Å²) in [6.07, 6.45) is 3.24. The number of nitro groups is 1. The molecule has 110 valence electrons. The number of hydrogen-bond acceptors (Lipinski definition) is 5. The summed E-state index contributed by atoms with van der Waals surface area (Å²) in [4.78, 5) is 10.9. The molecule has 1 aromatic carbocycles. The van der Waals surface area contributed by atoms with Gasteiger partial charge < -0.3 is 10.1 Å². The van der Waals surface area contributed by atoms with Gasteiger partial charge in [0.2, 0.25) is 0 Å². The van der Waals surface area contributed by atoms with E-state index >= 15 is 0 Å². The predicted molar refractivity (Wildman–Crippen MR) is 82.9 cm³/mol. The van der Waals surface area contributed by atoms with Gasteiger partial charge in [0.1, 0.15) is 5.69 Å². The molecule has 2 rings (SSSR count). The van der Waals surface area contributed by atoms with E-state index in [1.807, 2.05) is 18.7 Å². The van der Waals surface area contributed by atoms with Crippen LogP contribution < -0.4 is 10.1 Å². The molecule has 1 heterocycles. The molecule has 5 nitrogen and oxygen atoms in total. The van der Waals surface area contributed by atoms with Gasteiger partial charge in [0.25, 0.3) is 0 Å². The van der Waals surface area contributed by atoms with Gasteiger partial charge in [-0.25, -0.2) is 0 Å². The fourth-order valence-electron chi connectivity index (χ4n) is 2.21. The van der Waals surface area contributed by atoms with Crippen LogP contribution in [-0.2, 0) is 0 Å². The molecule has 1 fully saturated rings. The first-order valence-electron chi connectivity index (χ1n) is 6.98. The van der Waals surface area contributed by atoms with Crippen molar-refractivity contribution in [2.24, 2.45) is 0 Å². The van der Waals surface area contributed by atoms with Crippen molar-refractivity contribution >= 4 is 23.1 Å². The van der Waals surface area contributed by atoms with E-state index < -0.39 is 0 Å². The van der Waals surface area contributed by atoms with Crippen LogP contribution in [0.15, 0.2) is 18.2 Å². The first-order chi connectivity index (χ1) is 9.72. The van der Waals surface area contributed by atoms with Crippen LogP contribution in [0.25, 0.3) is 0 Å². The van der Waals surface area contributed by atoms with Crippen LogP contribution in [0, 0.1) is 10.1 Å². The third kappa shape index (κ3) is 3.79. The van der Waals surface area contributed by atoms with Crippen LogP contribution in [0.3, 0.4) is 0 Å². The number of ether oxygens (including phenoxy) is 1. The maximum Gasteiger partial charge on any atom is 0.333 e. The first-order valence-corrected chi connectivity index (χ1v) is 8.03. The van der Waals surface area contributed by atoms with Crippen molar-refractivity contribution in [2.45, 2.75) is 31.4 Å². The summed E-state index contributed by atoms with van der Waals surface area (Å²) in [5, 5.41) is 15.0. The largest absolute Gasteiger partial charge is 0.487 e. The highest BCUT2D eigenvalue weighted by Crippen LogP contribution is 2.35. The molecule has 1 aromatic rings. The van der Waals surface area contributed by atoms with E-state index in [9.17, 15) is 10.1 Å². The number of rotatable bonds is 7. The van der Waals surface area contributed by atoms with Crippen LogP contribution in [0.4, 0.5) is 11.4 Å². The second-order valence-electron chi connectivity index (χ2n) is 4.77. The Bertz CT molecular complexity index is 462. The Balaban J connectivity index is 2.11. The molecule has 0 aromatic heterocycles. The second-order valence-corrected chi connectivity index (χ2v) is 6.18. The van der Waals surface area contributed by atoms with Crippen LogP contribution in [0.2, 0.25) is 0 Å². The quantitative estimate of drug-likeness (QED) is 0.614. The summed E-state index contributed by atoms with van der Waals surface area (Å²) in [5.41, 5.74) is 0.597.